The SMILES string of the molecule is COCC1=C(SC)C(c2ccccc2)c2cc(-c3ccc(NC(=O)CCN)cc3)c(F)cc2C1=O. The summed E-state index contributed by atoms with van der Waals surface area (Å²) >= 11 is 1.52. The van der Waals surface area contributed by atoms with Crippen LogP contribution in [0.4, 0.5) is 10.1 Å². The van der Waals surface area contributed by atoms with Crippen molar-refractivity contribution >= 4 is 29.1 Å². The Bertz CT molecular complexity index is 1270. The molecule has 180 valence electrons. The molecule has 1 aliphatic rings. The van der Waals surface area contributed by atoms with Gasteiger partial charge in [-0.2, -0.15) is 0 Å². The Morgan fingerprint density at radius 1 is 1.09 bits per heavy atom. The van der Waals surface area contributed by atoms with Crippen LogP contribution in [-0.4, -0.2) is 38.2 Å². The van der Waals surface area contributed by atoms with Gasteiger partial charge in [-0.3, -0.25) is 9.59 Å². The summed E-state index contributed by atoms with van der Waals surface area (Å²) in [6.07, 6.45) is 2.17. The molecule has 3 aromatic carbocycles. The van der Waals surface area contributed by atoms with E-state index in [1.54, 1.807) is 37.4 Å². The number of Topliss-reactive ketones (excluding diaryl/α,β-unsaturated/α-hetero) is 1. The van der Waals surface area contributed by atoms with E-state index >= 15 is 4.39 Å². The molecule has 0 aromatic heterocycles. The lowest BCUT2D eigenvalue weighted by atomic mass is 9.78. The van der Waals surface area contributed by atoms with E-state index in [1.165, 1.54) is 17.8 Å². The Morgan fingerprint density at radius 3 is 2.43 bits per heavy atom. The monoisotopic (exact) mass is 490 g/mol. The molecule has 3 N–H and O–H groups in total. The van der Waals surface area contributed by atoms with Crippen molar-refractivity contribution in [3.05, 3.63) is 99.7 Å². The zero-order valence-corrected chi connectivity index (χ0v) is 20.5. The van der Waals surface area contributed by atoms with Gasteiger partial charge in [0.15, 0.2) is 5.78 Å². The number of nitrogens with one attached hydrogen (secondary N) is 1. The molecule has 1 aliphatic carbocycles. The van der Waals surface area contributed by atoms with Gasteiger partial charge in [-0.15, -0.1) is 11.8 Å². The van der Waals surface area contributed by atoms with Crippen LogP contribution in [0.2, 0.25) is 0 Å². The first-order valence-electron chi connectivity index (χ1n) is 11.3. The van der Waals surface area contributed by atoms with Crippen LogP contribution in [0.15, 0.2) is 77.2 Å². The number of carbonyl (C=O) groups excluding carboxylic acids is 2. The summed E-state index contributed by atoms with van der Waals surface area (Å²) in [5.41, 5.74) is 9.79. The summed E-state index contributed by atoms with van der Waals surface area (Å²) in [5, 5.41) is 2.77. The Hall–Kier alpha value is -3.26. The van der Waals surface area contributed by atoms with E-state index in [0.717, 1.165) is 16.0 Å². The van der Waals surface area contributed by atoms with Crippen molar-refractivity contribution in [1.29, 1.82) is 0 Å². The third-order valence-corrected chi connectivity index (χ3v) is 6.94. The molecule has 7 heteroatoms. The molecule has 1 atom stereocenters. The average Bonchev–Trinajstić information content (AvgIpc) is 2.87. The minimum absolute atomic E-state index is 0.165. The van der Waals surface area contributed by atoms with Gasteiger partial charge in [0.05, 0.1) is 6.61 Å². The first-order valence-corrected chi connectivity index (χ1v) is 12.5. The van der Waals surface area contributed by atoms with Gasteiger partial charge < -0.3 is 15.8 Å². The highest BCUT2D eigenvalue weighted by molar-refractivity contribution is 8.02. The third-order valence-electron chi connectivity index (χ3n) is 6.02. The van der Waals surface area contributed by atoms with Crippen LogP contribution < -0.4 is 11.1 Å². The molecule has 1 unspecified atom stereocenters. The number of ketones is 1. The molecular weight excluding hydrogens is 463 g/mol. The van der Waals surface area contributed by atoms with Gasteiger partial charge in [0, 0.05) is 53.3 Å². The standard InChI is InChI=1S/C28H27FN2O3S/c1-34-16-23-27(33)22-15-24(29)20(17-8-10-19(11-9-17)31-25(32)12-13-30)14-21(22)26(28(23)35-2)18-6-4-3-5-7-18/h3-11,14-15,26H,12-13,16,30H2,1-2H3,(H,31,32). The highest BCUT2D eigenvalue weighted by atomic mass is 32.2. The fraction of sp³-hybridized carbons (Fsp3) is 0.214. The van der Waals surface area contributed by atoms with Gasteiger partial charge in [0.1, 0.15) is 5.82 Å². The predicted molar refractivity (Wildman–Crippen MR) is 139 cm³/mol. The minimum Gasteiger partial charge on any atom is -0.380 e. The Labute approximate surface area is 208 Å². The van der Waals surface area contributed by atoms with E-state index in [1.807, 2.05) is 36.6 Å². The zero-order chi connectivity index (χ0) is 24.9. The lowest BCUT2D eigenvalue weighted by Crippen LogP contribution is -2.23. The molecule has 4 rings (SSSR count). The molecule has 35 heavy (non-hydrogen) atoms. The van der Waals surface area contributed by atoms with Crippen molar-refractivity contribution in [2.24, 2.45) is 5.73 Å². The van der Waals surface area contributed by atoms with Crippen LogP contribution in [0, 0.1) is 5.82 Å². The van der Waals surface area contributed by atoms with Crippen molar-refractivity contribution in [2.45, 2.75) is 12.3 Å². The van der Waals surface area contributed by atoms with E-state index < -0.39 is 5.82 Å². The zero-order valence-electron chi connectivity index (χ0n) is 19.6. The average molecular weight is 491 g/mol. The maximum absolute atomic E-state index is 15.4. The largest absolute Gasteiger partial charge is 0.380 e. The van der Waals surface area contributed by atoms with Crippen LogP contribution in [0.1, 0.15) is 33.8 Å². The molecule has 0 radical (unpaired) electrons. The number of amides is 1. The second-order valence-corrected chi connectivity index (χ2v) is 9.08. The van der Waals surface area contributed by atoms with Crippen molar-refractivity contribution in [2.75, 3.05) is 31.8 Å². The summed E-state index contributed by atoms with van der Waals surface area (Å²) in [6.45, 7) is 0.433. The highest BCUT2D eigenvalue weighted by Gasteiger charge is 2.35. The van der Waals surface area contributed by atoms with Crippen molar-refractivity contribution in [3.63, 3.8) is 0 Å². The van der Waals surface area contributed by atoms with Crippen molar-refractivity contribution in [3.8, 4) is 11.1 Å². The summed E-state index contributed by atoms with van der Waals surface area (Å²) in [7, 11) is 1.55. The molecule has 3 aromatic rings. The summed E-state index contributed by atoms with van der Waals surface area (Å²) < 4.78 is 20.7. The highest BCUT2D eigenvalue weighted by Crippen LogP contribution is 2.46. The fourth-order valence-corrected chi connectivity index (χ4v) is 5.32. The number of ether oxygens (including phenoxy) is 1. The number of fused-ring (bicyclic) bond motifs is 1. The number of halogens is 1. The van der Waals surface area contributed by atoms with Gasteiger partial charge in [0.2, 0.25) is 5.91 Å². The number of allylic oxidation sites excluding steroid dienone is 1. The predicted octanol–water partition coefficient (Wildman–Crippen LogP) is 5.37. The molecule has 0 aliphatic heterocycles. The minimum atomic E-state index is -0.479. The topological polar surface area (TPSA) is 81.4 Å². The van der Waals surface area contributed by atoms with Gasteiger partial charge >= 0.3 is 0 Å². The summed E-state index contributed by atoms with van der Waals surface area (Å²) in [6, 6.07) is 20.0. The number of rotatable bonds is 8. The van der Waals surface area contributed by atoms with Crippen LogP contribution in [0.3, 0.4) is 0 Å². The number of carbonyl (C=O) groups is 2. The molecule has 0 heterocycles. The molecule has 0 spiro atoms. The summed E-state index contributed by atoms with van der Waals surface area (Å²) in [4.78, 5) is 26.1. The van der Waals surface area contributed by atoms with Crippen molar-refractivity contribution < 1.29 is 18.7 Å². The maximum atomic E-state index is 15.4. The van der Waals surface area contributed by atoms with Gasteiger partial charge in [-0.1, -0.05) is 42.5 Å². The molecule has 0 bridgehead atoms. The smallest absolute Gasteiger partial charge is 0.225 e. The number of methoxy groups -OCH3 is 1. The van der Waals surface area contributed by atoms with E-state index in [2.05, 4.69) is 5.32 Å². The Balaban J connectivity index is 1.81. The van der Waals surface area contributed by atoms with E-state index in [4.69, 9.17) is 10.5 Å². The summed E-state index contributed by atoms with van der Waals surface area (Å²) in [5.74, 6) is -1.07. The Kier molecular flexibility index (Phi) is 7.80. The number of hydrogen-bond acceptors (Lipinski definition) is 5. The first kappa shape index (κ1) is 24.9. The van der Waals surface area contributed by atoms with Crippen molar-refractivity contribution in [1.82, 2.24) is 0 Å². The molecule has 1 amide bonds. The molecule has 0 saturated carbocycles. The second kappa shape index (κ2) is 11.0. The first-order chi connectivity index (χ1) is 17.0. The van der Waals surface area contributed by atoms with Gasteiger partial charge in [-0.25, -0.2) is 4.39 Å². The fourth-order valence-electron chi connectivity index (χ4n) is 4.42. The maximum Gasteiger partial charge on any atom is 0.225 e. The van der Waals surface area contributed by atoms with Gasteiger partial charge in [0.25, 0.3) is 0 Å². The normalized spacial score (nSPS) is 15.2. The van der Waals surface area contributed by atoms with Crippen LogP contribution in [0.25, 0.3) is 11.1 Å². The molecular formula is C28H27FN2O3S. The number of hydrogen-bond donors (Lipinski definition) is 2. The van der Waals surface area contributed by atoms with Crippen LogP contribution in [0.5, 0.6) is 0 Å². The van der Waals surface area contributed by atoms with E-state index in [0.29, 0.717) is 28.0 Å². The molecule has 5 nitrogen and oxygen atoms in total. The van der Waals surface area contributed by atoms with Crippen LogP contribution >= 0.6 is 11.8 Å². The quantitative estimate of drug-likeness (QED) is 0.444. The van der Waals surface area contributed by atoms with Gasteiger partial charge in [-0.05, 0) is 47.2 Å². The lowest BCUT2D eigenvalue weighted by molar-refractivity contribution is -0.116. The number of anilines is 1. The molecule has 0 saturated heterocycles. The second-order valence-electron chi connectivity index (χ2n) is 8.24. The lowest BCUT2D eigenvalue weighted by Gasteiger charge is -2.30. The Morgan fingerprint density at radius 2 is 1.80 bits per heavy atom. The number of thioether (sulfide) groups is 1. The molecule has 0 fully saturated rings. The number of nitrogens with two attached hydrogens (primary N) is 1. The van der Waals surface area contributed by atoms with Crippen LogP contribution in [-0.2, 0) is 9.53 Å². The van der Waals surface area contributed by atoms with E-state index in [-0.39, 0.29) is 37.2 Å². The van der Waals surface area contributed by atoms with E-state index in [9.17, 15) is 9.59 Å². The number of benzene rings is 3. The third kappa shape index (κ3) is 5.07.